The van der Waals surface area contributed by atoms with E-state index in [4.69, 9.17) is 14.2 Å². The SMILES string of the molecule is CC/C=C\C/C=C\C/C=C\C/C=C\C/C=C\CCCC(=O)OC(COC(=O)CCCCCCC/C=C\CCCCCCC)COC(=O)CCCCCCCCCCCCC/C=C\CCCCCCCCCC. The van der Waals surface area contributed by atoms with Gasteiger partial charge in [0.1, 0.15) is 13.2 Å². The quantitative estimate of drug-likeness (QED) is 0.0261. The van der Waals surface area contributed by atoms with Crippen LogP contribution < -0.4 is 0 Å². The minimum atomic E-state index is -0.810. The molecule has 0 aromatic heterocycles. The first-order chi connectivity index (χ1) is 35.5. The minimum absolute atomic E-state index is 0.101. The topological polar surface area (TPSA) is 78.9 Å². The van der Waals surface area contributed by atoms with E-state index < -0.39 is 6.10 Å². The van der Waals surface area contributed by atoms with E-state index in [2.05, 4.69) is 106 Å². The third kappa shape index (κ3) is 57.5. The lowest BCUT2D eigenvalue weighted by atomic mass is 10.0. The lowest BCUT2D eigenvalue weighted by Crippen LogP contribution is -2.30. The average Bonchev–Trinajstić information content (AvgIpc) is 3.38. The number of esters is 3. The Morgan fingerprint density at radius 1 is 0.292 bits per heavy atom. The van der Waals surface area contributed by atoms with Gasteiger partial charge in [-0.1, -0.05) is 254 Å². The van der Waals surface area contributed by atoms with E-state index in [-0.39, 0.29) is 37.5 Å². The Bertz CT molecular complexity index is 1380. The summed E-state index contributed by atoms with van der Waals surface area (Å²) in [5, 5.41) is 0. The van der Waals surface area contributed by atoms with Crippen LogP contribution >= 0.6 is 0 Å². The average molecular weight is 1000 g/mol. The molecule has 0 N–H and O–H groups in total. The van der Waals surface area contributed by atoms with E-state index in [0.717, 1.165) is 83.5 Å². The molecule has 1 atom stereocenters. The van der Waals surface area contributed by atoms with Crippen molar-refractivity contribution in [3.63, 3.8) is 0 Å². The second-order valence-electron chi connectivity index (χ2n) is 20.2. The van der Waals surface area contributed by atoms with Gasteiger partial charge in [0.25, 0.3) is 0 Å². The van der Waals surface area contributed by atoms with Gasteiger partial charge in [-0.2, -0.15) is 0 Å². The molecule has 0 saturated heterocycles. The van der Waals surface area contributed by atoms with Crippen molar-refractivity contribution < 1.29 is 28.6 Å². The van der Waals surface area contributed by atoms with Gasteiger partial charge in [0.15, 0.2) is 6.10 Å². The van der Waals surface area contributed by atoms with Crippen LogP contribution in [0, 0.1) is 0 Å². The minimum Gasteiger partial charge on any atom is -0.462 e. The summed E-state index contributed by atoms with van der Waals surface area (Å²) in [4.78, 5) is 38.2. The van der Waals surface area contributed by atoms with Crippen LogP contribution in [-0.2, 0) is 28.6 Å². The Kier molecular flexibility index (Phi) is 57.3. The van der Waals surface area contributed by atoms with Gasteiger partial charge in [0, 0.05) is 19.3 Å². The third-order valence-corrected chi connectivity index (χ3v) is 13.1. The number of rotatable bonds is 55. The molecule has 0 rings (SSSR count). The maximum atomic E-state index is 12.8. The van der Waals surface area contributed by atoms with Crippen LogP contribution in [0.5, 0.6) is 0 Å². The molecule has 1 unspecified atom stereocenters. The van der Waals surface area contributed by atoms with E-state index in [1.54, 1.807) is 0 Å². The Balaban J connectivity index is 4.39. The highest BCUT2D eigenvalue weighted by molar-refractivity contribution is 5.71. The Morgan fingerprint density at radius 2 is 0.556 bits per heavy atom. The van der Waals surface area contributed by atoms with E-state index in [9.17, 15) is 14.4 Å². The highest BCUT2D eigenvalue weighted by atomic mass is 16.6. The van der Waals surface area contributed by atoms with Crippen molar-refractivity contribution in [3.8, 4) is 0 Å². The predicted molar refractivity (Wildman–Crippen MR) is 311 cm³/mol. The molecule has 0 aromatic carbocycles. The zero-order chi connectivity index (χ0) is 52.2. The van der Waals surface area contributed by atoms with Gasteiger partial charge in [0.05, 0.1) is 0 Å². The largest absolute Gasteiger partial charge is 0.462 e. The molecule has 0 saturated carbocycles. The van der Waals surface area contributed by atoms with E-state index >= 15 is 0 Å². The highest BCUT2D eigenvalue weighted by Crippen LogP contribution is 2.15. The van der Waals surface area contributed by atoms with Crippen LogP contribution in [0.1, 0.15) is 297 Å². The molecule has 0 aliphatic heterocycles. The molecular formula is C66H114O6. The van der Waals surface area contributed by atoms with E-state index in [0.29, 0.717) is 19.3 Å². The number of ether oxygens (including phenoxy) is 3. The van der Waals surface area contributed by atoms with Crippen molar-refractivity contribution in [1.29, 1.82) is 0 Å². The molecule has 0 aliphatic rings. The van der Waals surface area contributed by atoms with Crippen LogP contribution in [-0.4, -0.2) is 37.2 Å². The monoisotopic (exact) mass is 1000 g/mol. The van der Waals surface area contributed by atoms with Gasteiger partial charge >= 0.3 is 17.9 Å². The molecule has 6 nitrogen and oxygen atoms in total. The fourth-order valence-electron chi connectivity index (χ4n) is 8.53. The van der Waals surface area contributed by atoms with Crippen LogP contribution in [0.2, 0.25) is 0 Å². The zero-order valence-corrected chi connectivity index (χ0v) is 47.4. The normalized spacial score (nSPS) is 12.7. The smallest absolute Gasteiger partial charge is 0.306 e. The summed E-state index contributed by atoms with van der Waals surface area (Å²) >= 11 is 0. The van der Waals surface area contributed by atoms with Gasteiger partial charge in [-0.3, -0.25) is 14.4 Å². The number of carbonyl (C=O) groups is 3. The lowest BCUT2D eigenvalue weighted by molar-refractivity contribution is -0.167. The lowest BCUT2D eigenvalue weighted by Gasteiger charge is -2.18. The summed E-state index contributed by atoms with van der Waals surface area (Å²) in [7, 11) is 0. The molecule has 0 fully saturated rings. The van der Waals surface area contributed by atoms with E-state index in [1.807, 2.05) is 0 Å². The molecule has 0 heterocycles. The van der Waals surface area contributed by atoms with E-state index in [1.165, 1.54) is 167 Å². The van der Waals surface area contributed by atoms with Gasteiger partial charge in [-0.15, -0.1) is 0 Å². The molecule has 414 valence electrons. The summed E-state index contributed by atoms with van der Waals surface area (Å²) < 4.78 is 16.8. The molecule has 0 aromatic rings. The van der Waals surface area contributed by atoms with Crippen molar-refractivity contribution in [2.24, 2.45) is 0 Å². The van der Waals surface area contributed by atoms with Crippen molar-refractivity contribution in [2.45, 2.75) is 303 Å². The summed E-state index contributed by atoms with van der Waals surface area (Å²) in [6, 6.07) is 0. The summed E-state index contributed by atoms with van der Waals surface area (Å²) in [5.74, 6) is -0.962. The molecule has 0 aliphatic carbocycles. The fraction of sp³-hybridized carbons (Fsp3) is 0.742. The summed E-state index contributed by atoms with van der Waals surface area (Å²) in [6.45, 7) is 6.48. The van der Waals surface area contributed by atoms with Gasteiger partial charge < -0.3 is 14.2 Å². The number of allylic oxidation sites excluding steroid dienone is 14. The second-order valence-corrected chi connectivity index (χ2v) is 20.2. The van der Waals surface area contributed by atoms with Crippen molar-refractivity contribution in [1.82, 2.24) is 0 Å². The van der Waals surface area contributed by atoms with Gasteiger partial charge in [-0.25, -0.2) is 0 Å². The van der Waals surface area contributed by atoms with Crippen LogP contribution in [0.25, 0.3) is 0 Å². The zero-order valence-electron chi connectivity index (χ0n) is 47.4. The van der Waals surface area contributed by atoms with Crippen molar-refractivity contribution in [2.75, 3.05) is 13.2 Å². The first kappa shape index (κ1) is 68.6. The molecule has 0 spiro atoms. The summed E-state index contributed by atoms with van der Waals surface area (Å²) in [5.41, 5.74) is 0. The van der Waals surface area contributed by atoms with Crippen LogP contribution in [0.15, 0.2) is 85.1 Å². The maximum absolute atomic E-state index is 12.8. The Morgan fingerprint density at radius 3 is 0.903 bits per heavy atom. The number of unbranched alkanes of at least 4 members (excludes halogenated alkanes) is 30. The third-order valence-electron chi connectivity index (χ3n) is 13.1. The molecule has 0 amide bonds. The Hall–Kier alpha value is -3.41. The number of hydrogen-bond acceptors (Lipinski definition) is 6. The molecular weight excluding hydrogens is 889 g/mol. The standard InChI is InChI=1S/C66H114O6/c1-4-7-10-13-16-19-22-25-28-30-31-32-33-34-35-37-38-41-44-47-50-53-56-59-65(68)71-62-63(61-70-64(67)58-55-52-49-46-43-40-27-24-21-18-15-12-9-6-3)72-66(69)60-57-54-51-48-45-42-39-36-29-26-23-20-17-14-11-8-5-2/h8,11,17,20,24,26-27,29-31,39,42,48,51,63H,4-7,9-10,12-16,18-19,21-23,25,28,32-38,40-41,43-47,49-50,52-62H2,1-3H3/b11-8-,20-17-,27-24-,29-26-,31-30-,42-39-,51-48-. The first-order valence-corrected chi connectivity index (χ1v) is 30.6. The Labute approximate surface area is 445 Å². The van der Waals surface area contributed by atoms with Crippen LogP contribution in [0.3, 0.4) is 0 Å². The van der Waals surface area contributed by atoms with Gasteiger partial charge in [-0.05, 0) is 109 Å². The fourth-order valence-corrected chi connectivity index (χ4v) is 8.53. The van der Waals surface area contributed by atoms with Crippen molar-refractivity contribution in [3.05, 3.63) is 85.1 Å². The molecule has 6 heteroatoms. The molecule has 0 radical (unpaired) electrons. The maximum Gasteiger partial charge on any atom is 0.306 e. The molecule has 72 heavy (non-hydrogen) atoms. The predicted octanol–water partition coefficient (Wildman–Crippen LogP) is 20.7. The summed E-state index contributed by atoms with van der Waals surface area (Å²) in [6.07, 6.45) is 78.8. The highest BCUT2D eigenvalue weighted by Gasteiger charge is 2.19. The molecule has 0 bridgehead atoms. The van der Waals surface area contributed by atoms with Gasteiger partial charge in [0.2, 0.25) is 0 Å². The number of hydrogen-bond donors (Lipinski definition) is 0. The first-order valence-electron chi connectivity index (χ1n) is 30.6. The number of carbonyl (C=O) groups excluding carboxylic acids is 3. The van der Waals surface area contributed by atoms with Crippen LogP contribution in [0.4, 0.5) is 0 Å². The van der Waals surface area contributed by atoms with Crippen molar-refractivity contribution >= 4 is 17.9 Å². The second kappa shape index (κ2) is 60.1.